The van der Waals surface area contributed by atoms with Crippen LogP contribution in [0.25, 0.3) is 10.9 Å². The molecule has 15 heavy (non-hydrogen) atoms. The van der Waals surface area contributed by atoms with E-state index in [0.29, 0.717) is 0 Å². The number of rotatable bonds is 2. The molecule has 0 saturated heterocycles. The normalized spacial score (nSPS) is 11.9. The summed E-state index contributed by atoms with van der Waals surface area (Å²) in [6.07, 6.45) is 4.58. The van der Waals surface area contributed by atoms with Crippen molar-refractivity contribution >= 4 is 10.9 Å². The van der Waals surface area contributed by atoms with Crippen molar-refractivity contribution in [3.05, 3.63) is 36.3 Å². The Labute approximate surface area is 90.4 Å². The lowest BCUT2D eigenvalue weighted by Gasteiger charge is -2.23. The highest BCUT2D eigenvalue weighted by molar-refractivity contribution is 5.78. The molecule has 0 amide bonds. The Morgan fingerprint density at radius 1 is 1.27 bits per heavy atom. The molecule has 0 spiro atoms. The zero-order valence-corrected chi connectivity index (χ0v) is 9.49. The van der Waals surface area contributed by atoms with Gasteiger partial charge in [0.15, 0.2) is 0 Å². The van der Waals surface area contributed by atoms with Crippen molar-refractivity contribution in [2.24, 2.45) is 0 Å². The largest absolute Gasteiger partial charge is 0.244 e. The molecule has 0 saturated carbocycles. The van der Waals surface area contributed by atoms with Crippen LogP contribution in [0.5, 0.6) is 0 Å². The fourth-order valence-electron chi connectivity index (χ4n) is 1.60. The lowest BCUT2D eigenvalue weighted by Crippen LogP contribution is -2.15. The van der Waals surface area contributed by atoms with Gasteiger partial charge in [-0.3, -0.25) is 0 Å². The lowest BCUT2D eigenvalue weighted by molar-refractivity contribution is 0.507. The summed E-state index contributed by atoms with van der Waals surface area (Å²) < 4.78 is 0. The highest BCUT2D eigenvalue weighted by atomic mass is 14.8. The second-order valence-electron chi connectivity index (χ2n) is 4.53. The number of aromatic nitrogens is 2. The molecule has 0 aliphatic heterocycles. The van der Waals surface area contributed by atoms with Gasteiger partial charge in [-0.15, -0.1) is 0 Å². The molecule has 0 atom stereocenters. The molecule has 2 rings (SSSR count). The monoisotopic (exact) mass is 200 g/mol. The van der Waals surface area contributed by atoms with Crippen LogP contribution in [0.3, 0.4) is 0 Å². The number of benzene rings is 1. The second kappa shape index (κ2) is 3.61. The van der Waals surface area contributed by atoms with Crippen LogP contribution in [0.2, 0.25) is 0 Å². The van der Waals surface area contributed by atoms with Crippen molar-refractivity contribution in [2.45, 2.75) is 32.6 Å². The van der Waals surface area contributed by atoms with Crippen molar-refractivity contribution in [3.8, 4) is 0 Å². The molecule has 1 aromatic heterocycles. The molecule has 0 aliphatic carbocycles. The summed E-state index contributed by atoms with van der Waals surface area (Å²) in [5, 5.41) is 1.10. The molecular formula is C13H16N2. The molecule has 2 aromatic rings. The van der Waals surface area contributed by atoms with Gasteiger partial charge in [0.2, 0.25) is 0 Å². The third-order valence-corrected chi connectivity index (χ3v) is 3.17. The Hall–Kier alpha value is -1.44. The molecule has 0 aliphatic rings. The highest BCUT2D eigenvalue weighted by Gasteiger charge is 2.17. The molecule has 0 radical (unpaired) electrons. The third kappa shape index (κ3) is 1.84. The van der Waals surface area contributed by atoms with Gasteiger partial charge in [-0.1, -0.05) is 32.9 Å². The first-order chi connectivity index (χ1) is 7.13. The van der Waals surface area contributed by atoms with Gasteiger partial charge < -0.3 is 0 Å². The highest BCUT2D eigenvalue weighted by Crippen LogP contribution is 2.28. The SMILES string of the molecule is CCC(C)(C)c1ccc2cncnc2c1. The fourth-order valence-corrected chi connectivity index (χ4v) is 1.60. The van der Waals surface area contributed by atoms with E-state index in [1.807, 2.05) is 6.20 Å². The number of nitrogens with zero attached hydrogens (tertiary/aromatic N) is 2. The first kappa shape index (κ1) is 10.1. The van der Waals surface area contributed by atoms with Crippen molar-refractivity contribution < 1.29 is 0 Å². The van der Waals surface area contributed by atoms with Crippen LogP contribution in [0.4, 0.5) is 0 Å². The van der Waals surface area contributed by atoms with Gasteiger partial charge in [-0.05, 0) is 23.5 Å². The first-order valence-corrected chi connectivity index (χ1v) is 5.34. The Morgan fingerprint density at radius 2 is 2.07 bits per heavy atom. The predicted octanol–water partition coefficient (Wildman–Crippen LogP) is 3.32. The molecule has 1 aromatic carbocycles. The molecule has 0 bridgehead atoms. The van der Waals surface area contributed by atoms with Gasteiger partial charge >= 0.3 is 0 Å². The molecule has 0 fully saturated rings. The maximum absolute atomic E-state index is 4.28. The van der Waals surface area contributed by atoms with Gasteiger partial charge in [0.1, 0.15) is 6.33 Å². The maximum atomic E-state index is 4.28. The van der Waals surface area contributed by atoms with Crippen LogP contribution in [-0.2, 0) is 5.41 Å². The molecule has 0 N–H and O–H groups in total. The summed E-state index contributed by atoms with van der Waals surface area (Å²) in [6, 6.07) is 6.44. The van der Waals surface area contributed by atoms with Gasteiger partial charge in [0.05, 0.1) is 5.52 Å². The first-order valence-electron chi connectivity index (χ1n) is 5.34. The summed E-state index contributed by atoms with van der Waals surface area (Å²) in [7, 11) is 0. The Morgan fingerprint density at radius 3 is 2.80 bits per heavy atom. The van der Waals surface area contributed by atoms with Crippen molar-refractivity contribution in [1.82, 2.24) is 9.97 Å². The van der Waals surface area contributed by atoms with Gasteiger partial charge in [-0.2, -0.15) is 0 Å². The van der Waals surface area contributed by atoms with Gasteiger partial charge in [0, 0.05) is 11.6 Å². The van der Waals surface area contributed by atoms with Crippen molar-refractivity contribution in [2.75, 3.05) is 0 Å². The van der Waals surface area contributed by atoms with Crippen LogP contribution in [-0.4, -0.2) is 9.97 Å². The minimum Gasteiger partial charge on any atom is -0.244 e. The molecule has 0 unspecified atom stereocenters. The molecule has 2 heteroatoms. The van der Waals surface area contributed by atoms with Crippen LogP contribution >= 0.6 is 0 Å². The van der Waals surface area contributed by atoms with E-state index in [9.17, 15) is 0 Å². The summed E-state index contributed by atoms with van der Waals surface area (Å²) in [4.78, 5) is 8.29. The van der Waals surface area contributed by atoms with Gasteiger partial charge in [-0.25, -0.2) is 9.97 Å². The zero-order valence-electron chi connectivity index (χ0n) is 9.49. The van der Waals surface area contributed by atoms with Crippen molar-refractivity contribution in [3.63, 3.8) is 0 Å². The Bertz CT molecular complexity index is 475. The standard InChI is InChI=1S/C13H16N2/c1-4-13(2,3)11-6-5-10-8-14-9-15-12(10)7-11/h5-9H,4H2,1-3H3. The number of fused-ring (bicyclic) bond motifs is 1. The van der Waals surface area contributed by atoms with Crippen LogP contribution < -0.4 is 0 Å². The topological polar surface area (TPSA) is 25.8 Å². The molecule has 2 nitrogen and oxygen atoms in total. The summed E-state index contributed by atoms with van der Waals surface area (Å²) in [6.45, 7) is 6.73. The third-order valence-electron chi connectivity index (χ3n) is 3.17. The molecule has 1 heterocycles. The Balaban J connectivity index is 2.56. The van der Waals surface area contributed by atoms with E-state index in [0.717, 1.165) is 17.3 Å². The van der Waals surface area contributed by atoms with Crippen LogP contribution in [0.1, 0.15) is 32.8 Å². The minimum absolute atomic E-state index is 0.221. The van der Waals surface area contributed by atoms with E-state index >= 15 is 0 Å². The lowest BCUT2D eigenvalue weighted by atomic mass is 9.82. The summed E-state index contributed by atoms with van der Waals surface area (Å²) >= 11 is 0. The van der Waals surface area contributed by atoms with E-state index in [2.05, 4.69) is 48.9 Å². The molecular weight excluding hydrogens is 184 g/mol. The minimum atomic E-state index is 0.221. The van der Waals surface area contributed by atoms with E-state index in [1.54, 1.807) is 6.33 Å². The van der Waals surface area contributed by atoms with E-state index in [-0.39, 0.29) is 5.41 Å². The van der Waals surface area contributed by atoms with E-state index < -0.39 is 0 Å². The predicted molar refractivity (Wildman–Crippen MR) is 62.9 cm³/mol. The summed E-state index contributed by atoms with van der Waals surface area (Å²) in [5.74, 6) is 0. The van der Waals surface area contributed by atoms with Crippen LogP contribution in [0.15, 0.2) is 30.7 Å². The molecule has 78 valence electrons. The maximum Gasteiger partial charge on any atom is 0.116 e. The fraction of sp³-hybridized carbons (Fsp3) is 0.385. The summed E-state index contributed by atoms with van der Waals surface area (Å²) in [5.41, 5.74) is 2.60. The average molecular weight is 200 g/mol. The van der Waals surface area contributed by atoms with Crippen LogP contribution in [0, 0.1) is 0 Å². The Kier molecular flexibility index (Phi) is 2.43. The number of hydrogen-bond donors (Lipinski definition) is 0. The van der Waals surface area contributed by atoms with E-state index in [4.69, 9.17) is 0 Å². The average Bonchev–Trinajstić information content (AvgIpc) is 2.28. The quantitative estimate of drug-likeness (QED) is 0.743. The van der Waals surface area contributed by atoms with Gasteiger partial charge in [0.25, 0.3) is 0 Å². The van der Waals surface area contributed by atoms with Crippen molar-refractivity contribution in [1.29, 1.82) is 0 Å². The van der Waals surface area contributed by atoms with E-state index in [1.165, 1.54) is 5.56 Å². The zero-order chi connectivity index (χ0) is 10.9. The number of hydrogen-bond acceptors (Lipinski definition) is 2. The second-order valence-corrected chi connectivity index (χ2v) is 4.53. The smallest absolute Gasteiger partial charge is 0.116 e.